The quantitative estimate of drug-likeness (QED) is 0.869. The van der Waals surface area contributed by atoms with Gasteiger partial charge in [-0.3, -0.25) is 4.72 Å². The molecule has 1 aromatic carbocycles. The van der Waals surface area contributed by atoms with E-state index in [0.717, 1.165) is 18.7 Å². The third-order valence-corrected chi connectivity index (χ3v) is 4.17. The van der Waals surface area contributed by atoms with Gasteiger partial charge in [0.05, 0.1) is 11.4 Å². The zero-order valence-electron chi connectivity index (χ0n) is 9.53. The maximum atomic E-state index is 11.4. The van der Waals surface area contributed by atoms with Crippen molar-refractivity contribution in [2.75, 3.05) is 29.0 Å². The van der Waals surface area contributed by atoms with E-state index in [1.165, 1.54) is 5.56 Å². The Bertz CT molecular complexity index is 497. The topological polar surface area (TPSA) is 49.4 Å². The van der Waals surface area contributed by atoms with Crippen molar-refractivity contribution in [1.82, 2.24) is 0 Å². The summed E-state index contributed by atoms with van der Waals surface area (Å²) in [5, 5.41) is 0. The van der Waals surface area contributed by atoms with Crippen molar-refractivity contribution in [3.63, 3.8) is 0 Å². The molecule has 0 aliphatic carbocycles. The van der Waals surface area contributed by atoms with Crippen LogP contribution in [0.3, 0.4) is 0 Å². The molecule has 1 aliphatic heterocycles. The highest BCUT2D eigenvalue weighted by Gasteiger charge is 2.16. The van der Waals surface area contributed by atoms with Crippen LogP contribution in [-0.2, 0) is 16.4 Å². The minimum atomic E-state index is -3.18. The SMILES string of the molecule is CCS(=O)(=O)Nc1ccc2c(c1)N(C)CC2. The molecular weight excluding hydrogens is 224 g/mol. The van der Waals surface area contributed by atoms with Crippen LogP contribution >= 0.6 is 0 Å². The van der Waals surface area contributed by atoms with Crippen molar-refractivity contribution in [2.24, 2.45) is 0 Å². The van der Waals surface area contributed by atoms with Gasteiger partial charge in [-0.2, -0.15) is 0 Å². The molecule has 4 nitrogen and oxygen atoms in total. The first kappa shape index (κ1) is 11.3. The molecule has 1 N–H and O–H groups in total. The van der Waals surface area contributed by atoms with E-state index in [4.69, 9.17) is 0 Å². The van der Waals surface area contributed by atoms with Crippen molar-refractivity contribution in [3.8, 4) is 0 Å². The van der Waals surface area contributed by atoms with E-state index in [9.17, 15) is 8.42 Å². The Morgan fingerprint density at radius 1 is 1.44 bits per heavy atom. The van der Waals surface area contributed by atoms with E-state index in [1.807, 2.05) is 25.2 Å². The minimum Gasteiger partial charge on any atom is -0.374 e. The molecule has 1 aromatic rings. The Kier molecular flexibility index (Phi) is 2.80. The van der Waals surface area contributed by atoms with Gasteiger partial charge in [-0.15, -0.1) is 0 Å². The second-order valence-corrected chi connectivity index (χ2v) is 6.03. The molecule has 0 radical (unpaired) electrons. The standard InChI is InChI=1S/C11H16N2O2S/c1-3-16(14,15)12-10-5-4-9-6-7-13(2)11(9)8-10/h4-5,8,12H,3,6-7H2,1-2H3. The molecule has 2 rings (SSSR count). The summed E-state index contributed by atoms with van der Waals surface area (Å²) in [6.07, 6.45) is 1.03. The Morgan fingerprint density at radius 3 is 2.88 bits per heavy atom. The molecule has 88 valence electrons. The lowest BCUT2D eigenvalue weighted by atomic mass is 10.1. The lowest BCUT2D eigenvalue weighted by Gasteiger charge is -2.13. The van der Waals surface area contributed by atoms with Crippen LogP contribution in [0.2, 0.25) is 0 Å². The van der Waals surface area contributed by atoms with Crippen molar-refractivity contribution in [1.29, 1.82) is 0 Å². The molecule has 16 heavy (non-hydrogen) atoms. The van der Waals surface area contributed by atoms with Crippen LogP contribution in [0.4, 0.5) is 11.4 Å². The summed E-state index contributed by atoms with van der Waals surface area (Å²) in [7, 11) is -1.16. The van der Waals surface area contributed by atoms with Crippen LogP contribution in [0.15, 0.2) is 18.2 Å². The molecule has 0 bridgehead atoms. The summed E-state index contributed by atoms with van der Waals surface area (Å²) in [5.74, 6) is 0.0971. The van der Waals surface area contributed by atoms with E-state index in [-0.39, 0.29) is 5.75 Å². The number of anilines is 2. The lowest BCUT2D eigenvalue weighted by molar-refractivity contribution is 0.602. The zero-order chi connectivity index (χ0) is 11.8. The Morgan fingerprint density at radius 2 is 2.19 bits per heavy atom. The number of likely N-dealkylation sites (N-methyl/N-ethyl adjacent to an activating group) is 1. The number of rotatable bonds is 3. The summed E-state index contributed by atoms with van der Waals surface area (Å²) >= 11 is 0. The van der Waals surface area contributed by atoms with Gasteiger partial charge in [0, 0.05) is 19.3 Å². The number of hydrogen-bond donors (Lipinski definition) is 1. The van der Waals surface area contributed by atoms with Crippen LogP contribution in [0.5, 0.6) is 0 Å². The lowest BCUT2D eigenvalue weighted by Crippen LogP contribution is -2.15. The highest BCUT2D eigenvalue weighted by Crippen LogP contribution is 2.29. The van der Waals surface area contributed by atoms with Gasteiger partial charge >= 0.3 is 0 Å². The second kappa shape index (κ2) is 3.97. The maximum absolute atomic E-state index is 11.4. The van der Waals surface area contributed by atoms with E-state index < -0.39 is 10.0 Å². The van der Waals surface area contributed by atoms with Crippen LogP contribution in [0.25, 0.3) is 0 Å². The smallest absolute Gasteiger partial charge is 0.232 e. The molecule has 0 saturated carbocycles. The molecule has 0 atom stereocenters. The Labute approximate surface area is 96.3 Å². The van der Waals surface area contributed by atoms with Crippen molar-refractivity contribution in [2.45, 2.75) is 13.3 Å². The van der Waals surface area contributed by atoms with Crippen LogP contribution in [0.1, 0.15) is 12.5 Å². The Hall–Kier alpha value is -1.23. The van der Waals surface area contributed by atoms with Gasteiger partial charge in [-0.25, -0.2) is 8.42 Å². The van der Waals surface area contributed by atoms with Gasteiger partial charge < -0.3 is 4.90 Å². The summed E-state index contributed by atoms with van der Waals surface area (Å²) in [6.45, 7) is 2.63. The van der Waals surface area contributed by atoms with Gasteiger partial charge in [0.15, 0.2) is 0 Å². The van der Waals surface area contributed by atoms with Crippen LogP contribution in [-0.4, -0.2) is 27.8 Å². The van der Waals surface area contributed by atoms with E-state index >= 15 is 0 Å². The molecule has 0 aromatic heterocycles. The molecule has 1 heterocycles. The van der Waals surface area contributed by atoms with Crippen LogP contribution in [0, 0.1) is 0 Å². The third-order valence-electron chi connectivity index (χ3n) is 2.87. The van der Waals surface area contributed by atoms with Gasteiger partial charge in [0.1, 0.15) is 0 Å². The molecule has 0 fully saturated rings. The normalized spacial score (nSPS) is 15.0. The first-order valence-electron chi connectivity index (χ1n) is 5.36. The zero-order valence-corrected chi connectivity index (χ0v) is 10.3. The van der Waals surface area contributed by atoms with E-state index in [2.05, 4.69) is 9.62 Å². The fourth-order valence-electron chi connectivity index (χ4n) is 1.85. The number of nitrogens with zero attached hydrogens (tertiary/aromatic N) is 1. The highest BCUT2D eigenvalue weighted by atomic mass is 32.2. The largest absolute Gasteiger partial charge is 0.374 e. The number of hydrogen-bond acceptors (Lipinski definition) is 3. The van der Waals surface area contributed by atoms with Crippen molar-refractivity contribution < 1.29 is 8.42 Å². The molecule has 0 amide bonds. The van der Waals surface area contributed by atoms with Crippen molar-refractivity contribution in [3.05, 3.63) is 23.8 Å². The Balaban J connectivity index is 2.29. The summed E-state index contributed by atoms with van der Waals surface area (Å²) in [5.41, 5.74) is 3.05. The second-order valence-electron chi connectivity index (χ2n) is 4.02. The summed E-state index contributed by atoms with van der Waals surface area (Å²) in [4.78, 5) is 2.14. The summed E-state index contributed by atoms with van der Waals surface area (Å²) in [6, 6.07) is 5.72. The van der Waals surface area contributed by atoms with Gasteiger partial charge in [-0.1, -0.05) is 6.07 Å². The van der Waals surface area contributed by atoms with Gasteiger partial charge in [-0.05, 0) is 31.0 Å². The molecule has 0 unspecified atom stereocenters. The summed E-state index contributed by atoms with van der Waals surface area (Å²) < 4.78 is 25.4. The number of fused-ring (bicyclic) bond motifs is 1. The fraction of sp³-hybridized carbons (Fsp3) is 0.455. The molecule has 0 spiro atoms. The highest BCUT2D eigenvalue weighted by molar-refractivity contribution is 7.92. The van der Waals surface area contributed by atoms with Crippen LogP contribution < -0.4 is 9.62 Å². The molecular formula is C11H16N2O2S. The minimum absolute atomic E-state index is 0.0971. The monoisotopic (exact) mass is 240 g/mol. The average molecular weight is 240 g/mol. The van der Waals surface area contributed by atoms with Gasteiger partial charge in [0.25, 0.3) is 0 Å². The number of nitrogens with one attached hydrogen (secondary N) is 1. The van der Waals surface area contributed by atoms with E-state index in [1.54, 1.807) is 6.92 Å². The molecule has 1 aliphatic rings. The molecule has 5 heteroatoms. The first-order valence-corrected chi connectivity index (χ1v) is 7.01. The van der Waals surface area contributed by atoms with Crippen molar-refractivity contribution >= 4 is 21.4 Å². The average Bonchev–Trinajstić information content (AvgIpc) is 2.60. The van der Waals surface area contributed by atoms with E-state index in [0.29, 0.717) is 5.69 Å². The fourth-order valence-corrected chi connectivity index (χ4v) is 2.48. The predicted molar refractivity (Wildman–Crippen MR) is 66.5 cm³/mol. The number of benzene rings is 1. The number of sulfonamides is 1. The molecule has 0 saturated heterocycles. The predicted octanol–water partition coefficient (Wildman–Crippen LogP) is 1.44. The first-order chi connectivity index (χ1) is 7.52. The maximum Gasteiger partial charge on any atom is 0.232 e. The van der Waals surface area contributed by atoms with Gasteiger partial charge in [0.2, 0.25) is 10.0 Å². The third kappa shape index (κ3) is 2.14.